The first-order valence-electron chi connectivity index (χ1n) is 10.2. The van der Waals surface area contributed by atoms with E-state index < -0.39 is 17.7 Å². The van der Waals surface area contributed by atoms with Crippen molar-refractivity contribution in [3.05, 3.63) is 59.2 Å². The van der Waals surface area contributed by atoms with E-state index in [4.69, 9.17) is 14.2 Å². The van der Waals surface area contributed by atoms with Gasteiger partial charge in [-0.1, -0.05) is 13.0 Å². The Morgan fingerprint density at radius 3 is 2.29 bits per heavy atom. The van der Waals surface area contributed by atoms with Crippen LogP contribution in [0.1, 0.15) is 37.4 Å². The van der Waals surface area contributed by atoms with E-state index in [0.717, 1.165) is 0 Å². The molecule has 164 valence electrons. The van der Waals surface area contributed by atoms with Crippen molar-refractivity contribution >= 4 is 17.4 Å². The van der Waals surface area contributed by atoms with Crippen LogP contribution < -0.4 is 14.2 Å². The molecule has 1 aliphatic rings. The standard InChI is InChI=1S/C24H27NO6/c1-5-13-25-21(16-9-12-18(31-6-2)19(14-16)30-4)20(23(27)24(25)28)22(26)15-7-10-17(29-3)11-8-15/h7-12,14,21,26H,5-6,13H2,1-4H3/b22-20-. The van der Waals surface area contributed by atoms with Crippen LogP contribution >= 0.6 is 0 Å². The van der Waals surface area contributed by atoms with Crippen LogP contribution in [0.25, 0.3) is 5.76 Å². The summed E-state index contributed by atoms with van der Waals surface area (Å²) in [6.45, 7) is 4.66. The number of ketones is 1. The van der Waals surface area contributed by atoms with Crippen molar-refractivity contribution < 1.29 is 28.9 Å². The average Bonchev–Trinajstić information content (AvgIpc) is 3.04. The van der Waals surface area contributed by atoms with E-state index in [2.05, 4.69) is 0 Å². The van der Waals surface area contributed by atoms with Gasteiger partial charge in [-0.15, -0.1) is 0 Å². The molecule has 0 aromatic heterocycles. The molecule has 1 aliphatic heterocycles. The number of ether oxygens (including phenoxy) is 3. The summed E-state index contributed by atoms with van der Waals surface area (Å²) in [6, 6.07) is 11.2. The van der Waals surface area contributed by atoms with Gasteiger partial charge >= 0.3 is 0 Å². The molecule has 1 fully saturated rings. The van der Waals surface area contributed by atoms with Gasteiger partial charge in [0.1, 0.15) is 11.5 Å². The number of benzene rings is 2. The van der Waals surface area contributed by atoms with Crippen LogP contribution in [-0.2, 0) is 9.59 Å². The number of aliphatic hydroxyl groups is 1. The van der Waals surface area contributed by atoms with Crippen LogP contribution in [0.5, 0.6) is 17.2 Å². The van der Waals surface area contributed by atoms with Gasteiger partial charge in [0.05, 0.1) is 32.4 Å². The van der Waals surface area contributed by atoms with Gasteiger partial charge in [0.25, 0.3) is 11.7 Å². The van der Waals surface area contributed by atoms with Crippen LogP contribution in [0, 0.1) is 0 Å². The van der Waals surface area contributed by atoms with E-state index in [9.17, 15) is 14.7 Å². The maximum absolute atomic E-state index is 12.9. The number of aliphatic hydroxyl groups excluding tert-OH is 1. The third-order valence-corrected chi connectivity index (χ3v) is 5.17. The first-order valence-corrected chi connectivity index (χ1v) is 10.2. The zero-order chi connectivity index (χ0) is 22.5. The Kier molecular flexibility index (Phi) is 6.84. The highest BCUT2D eigenvalue weighted by Gasteiger charge is 2.45. The lowest BCUT2D eigenvalue weighted by Gasteiger charge is -2.25. The summed E-state index contributed by atoms with van der Waals surface area (Å²) in [4.78, 5) is 27.2. The van der Waals surface area contributed by atoms with Crippen molar-refractivity contribution in [3.8, 4) is 17.2 Å². The number of Topliss-reactive ketones (excluding diaryl/α,β-unsaturated/α-hetero) is 1. The number of methoxy groups -OCH3 is 2. The summed E-state index contributed by atoms with van der Waals surface area (Å²) in [5.41, 5.74) is 1.14. The van der Waals surface area contributed by atoms with Crippen LogP contribution in [0.15, 0.2) is 48.0 Å². The number of hydrogen-bond acceptors (Lipinski definition) is 6. The van der Waals surface area contributed by atoms with E-state index in [1.165, 1.54) is 12.0 Å². The van der Waals surface area contributed by atoms with Crippen LogP contribution in [0.4, 0.5) is 0 Å². The highest BCUT2D eigenvalue weighted by molar-refractivity contribution is 6.46. The minimum absolute atomic E-state index is 0.0508. The molecule has 2 aromatic carbocycles. The normalized spacial score (nSPS) is 17.7. The summed E-state index contributed by atoms with van der Waals surface area (Å²) in [6.07, 6.45) is 0.667. The molecule has 1 atom stereocenters. The van der Waals surface area contributed by atoms with Gasteiger partial charge in [-0.25, -0.2) is 0 Å². The highest BCUT2D eigenvalue weighted by Crippen LogP contribution is 2.42. The monoisotopic (exact) mass is 425 g/mol. The van der Waals surface area contributed by atoms with Gasteiger partial charge in [0.2, 0.25) is 0 Å². The lowest BCUT2D eigenvalue weighted by Crippen LogP contribution is -2.30. The molecule has 1 amide bonds. The van der Waals surface area contributed by atoms with Gasteiger partial charge in [0.15, 0.2) is 11.5 Å². The zero-order valence-electron chi connectivity index (χ0n) is 18.2. The van der Waals surface area contributed by atoms with Crippen molar-refractivity contribution in [2.24, 2.45) is 0 Å². The van der Waals surface area contributed by atoms with E-state index in [1.807, 2.05) is 13.8 Å². The fraction of sp³-hybridized carbons (Fsp3) is 0.333. The third kappa shape index (κ3) is 4.21. The molecule has 7 heteroatoms. The zero-order valence-corrected chi connectivity index (χ0v) is 18.2. The second-order valence-electron chi connectivity index (χ2n) is 7.06. The molecule has 3 rings (SSSR count). The molecule has 0 bridgehead atoms. The molecule has 7 nitrogen and oxygen atoms in total. The van der Waals surface area contributed by atoms with Gasteiger partial charge in [-0.05, 0) is 55.3 Å². The number of amides is 1. The van der Waals surface area contributed by atoms with Crippen LogP contribution in [-0.4, -0.2) is 49.1 Å². The number of rotatable bonds is 8. The quantitative estimate of drug-likeness (QED) is 0.392. The van der Waals surface area contributed by atoms with Crippen molar-refractivity contribution in [3.63, 3.8) is 0 Å². The van der Waals surface area contributed by atoms with Gasteiger partial charge in [0, 0.05) is 12.1 Å². The average molecular weight is 425 g/mol. The number of nitrogens with zero attached hydrogens (tertiary/aromatic N) is 1. The van der Waals surface area contributed by atoms with Crippen molar-refractivity contribution in [2.45, 2.75) is 26.3 Å². The SMILES string of the molecule is CCCN1C(=O)C(=O)/C(=C(\O)c2ccc(OC)cc2)C1c1ccc(OCC)c(OC)c1. The molecule has 0 radical (unpaired) electrons. The topological polar surface area (TPSA) is 85.3 Å². The Morgan fingerprint density at radius 2 is 1.71 bits per heavy atom. The van der Waals surface area contributed by atoms with Crippen LogP contribution in [0.2, 0.25) is 0 Å². The number of hydrogen-bond donors (Lipinski definition) is 1. The van der Waals surface area contributed by atoms with Gasteiger partial charge in [-0.3, -0.25) is 9.59 Å². The van der Waals surface area contributed by atoms with Crippen molar-refractivity contribution in [1.29, 1.82) is 0 Å². The highest BCUT2D eigenvalue weighted by atomic mass is 16.5. The predicted octanol–water partition coefficient (Wildman–Crippen LogP) is 3.93. The van der Waals surface area contributed by atoms with Crippen molar-refractivity contribution in [1.82, 2.24) is 4.90 Å². The van der Waals surface area contributed by atoms with E-state index in [-0.39, 0.29) is 11.3 Å². The third-order valence-electron chi connectivity index (χ3n) is 5.17. The smallest absolute Gasteiger partial charge is 0.295 e. The lowest BCUT2D eigenvalue weighted by molar-refractivity contribution is -0.139. The Morgan fingerprint density at radius 1 is 1.00 bits per heavy atom. The lowest BCUT2D eigenvalue weighted by atomic mass is 9.95. The molecule has 0 saturated carbocycles. The van der Waals surface area contributed by atoms with Crippen LogP contribution in [0.3, 0.4) is 0 Å². The van der Waals surface area contributed by atoms with Gasteiger partial charge in [-0.2, -0.15) is 0 Å². The summed E-state index contributed by atoms with van der Waals surface area (Å²) in [5, 5.41) is 11.0. The predicted molar refractivity (Wildman–Crippen MR) is 116 cm³/mol. The summed E-state index contributed by atoms with van der Waals surface area (Å²) < 4.78 is 16.2. The number of likely N-dealkylation sites (tertiary alicyclic amines) is 1. The fourth-order valence-electron chi connectivity index (χ4n) is 3.73. The molecule has 0 spiro atoms. The maximum atomic E-state index is 12.9. The fourth-order valence-corrected chi connectivity index (χ4v) is 3.73. The van der Waals surface area contributed by atoms with Gasteiger partial charge < -0.3 is 24.2 Å². The minimum atomic E-state index is -0.730. The second kappa shape index (κ2) is 9.55. The Hall–Kier alpha value is -3.48. The molecule has 0 aliphatic carbocycles. The number of carbonyl (C=O) groups excluding carboxylic acids is 2. The molecule has 1 heterocycles. The first-order chi connectivity index (χ1) is 15.0. The Bertz CT molecular complexity index is 996. The molecular weight excluding hydrogens is 398 g/mol. The summed E-state index contributed by atoms with van der Waals surface area (Å²) >= 11 is 0. The van der Waals surface area contributed by atoms with E-state index >= 15 is 0 Å². The molecular formula is C24H27NO6. The molecule has 31 heavy (non-hydrogen) atoms. The van der Waals surface area contributed by atoms with E-state index in [0.29, 0.717) is 47.9 Å². The van der Waals surface area contributed by atoms with E-state index in [1.54, 1.807) is 49.6 Å². The minimum Gasteiger partial charge on any atom is -0.507 e. The van der Waals surface area contributed by atoms with Crippen molar-refractivity contribution in [2.75, 3.05) is 27.4 Å². The molecule has 1 saturated heterocycles. The summed E-state index contributed by atoms with van der Waals surface area (Å²) in [5.74, 6) is 0.116. The number of carbonyl (C=O) groups is 2. The second-order valence-corrected chi connectivity index (χ2v) is 7.06. The first kappa shape index (κ1) is 22.2. The molecule has 2 aromatic rings. The Balaban J connectivity index is 2.16. The Labute approximate surface area is 181 Å². The summed E-state index contributed by atoms with van der Waals surface area (Å²) in [7, 11) is 3.08. The largest absolute Gasteiger partial charge is 0.507 e. The maximum Gasteiger partial charge on any atom is 0.295 e. The molecule has 1 N–H and O–H groups in total. The molecule has 1 unspecified atom stereocenters.